The first-order valence-corrected chi connectivity index (χ1v) is 7.32. The van der Waals surface area contributed by atoms with E-state index < -0.39 is 11.7 Å². The third kappa shape index (κ3) is 4.76. The Kier molecular flexibility index (Phi) is 5.91. The maximum Gasteiger partial charge on any atom is 0.416 e. The molecule has 1 N–H and O–H groups in total. The molecule has 0 aromatic heterocycles. The fraction of sp³-hybridized carbons (Fsp3) is 0.538. The Morgan fingerprint density at radius 2 is 1.94 bits per heavy atom. The van der Waals surface area contributed by atoms with Crippen LogP contribution in [0.15, 0.2) is 24.3 Å². The van der Waals surface area contributed by atoms with Gasteiger partial charge in [-0.25, -0.2) is 0 Å². The number of benzene rings is 1. The lowest BCUT2D eigenvalue weighted by atomic mass is 10.1. The fourth-order valence-electron chi connectivity index (χ4n) is 1.57. The van der Waals surface area contributed by atoms with Crippen LogP contribution in [0, 0.1) is 5.92 Å². The third-order valence-electron chi connectivity index (χ3n) is 2.79. The average molecular weight is 371 g/mol. The van der Waals surface area contributed by atoms with Gasteiger partial charge in [-0.1, -0.05) is 54.6 Å². The normalized spacial score (nSPS) is 13.9. The summed E-state index contributed by atoms with van der Waals surface area (Å²) in [6.07, 6.45) is -4.27. The molecule has 1 aromatic carbocycles. The number of nitrogens with one attached hydrogen (secondary N) is 1. The van der Waals surface area contributed by atoms with E-state index in [1.54, 1.807) is 6.07 Å². The smallest absolute Gasteiger partial charge is 0.309 e. The highest BCUT2D eigenvalue weighted by atomic mass is 127. The lowest BCUT2D eigenvalue weighted by Crippen LogP contribution is -2.34. The maximum absolute atomic E-state index is 12.5. The minimum absolute atomic E-state index is 0.320. The van der Waals surface area contributed by atoms with Crippen molar-refractivity contribution in [2.45, 2.75) is 32.6 Å². The van der Waals surface area contributed by atoms with E-state index in [2.05, 4.69) is 41.8 Å². The predicted octanol–water partition coefficient (Wildman–Crippen LogP) is 4.25. The standard InChI is InChI=1S/C13H17F3IN/c1-9(2)12(7-17)18-8-10-4-3-5-11(6-10)13(14,15)16/h3-6,9,12,18H,7-8H2,1-2H3. The first kappa shape index (κ1) is 15.8. The largest absolute Gasteiger partial charge is 0.416 e. The molecule has 1 rings (SSSR count). The van der Waals surface area contributed by atoms with Crippen LogP contribution >= 0.6 is 22.6 Å². The van der Waals surface area contributed by atoms with Crippen molar-refractivity contribution in [2.75, 3.05) is 4.43 Å². The minimum atomic E-state index is -4.27. The Morgan fingerprint density at radius 1 is 1.28 bits per heavy atom. The second-order valence-electron chi connectivity index (χ2n) is 4.58. The van der Waals surface area contributed by atoms with Crippen LogP contribution in [0.4, 0.5) is 13.2 Å². The summed E-state index contributed by atoms with van der Waals surface area (Å²) in [6, 6.07) is 5.79. The molecule has 18 heavy (non-hydrogen) atoms. The number of rotatable bonds is 5. The highest BCUT2D eigenvalue weighted by molar-refractivity contribution is 14.1. The molecule has 0 aliphatic heterocycles. The Labute approximate surface area is 119 Å². The van der Waals surface area contributed by atoms with Gasteiger partial charge in [-0.3, -0.25) is 0 Å². The molecule has 0 saturated heterocycles. The van der Waals surface area contributed by atoms with Gasteiger partial charge in [0, 0.05) is 17.0 Å². The molecule has 0 spiro atoms. The molecule has 0 amide bonds. The van der Waals surface area contributed by atoms with Crippen molar-refractivity contribution in [3.8, 4) is 0 Å². The molecule has 0 aliphatic carbocycles. The minimum Gasteiger partial charge on any atom is -0.309 e. The van der Waals surface area contributed by atoms with E-state index >= 15 is 0 Å². The molecule has 0 saturated carbocycles. The summed E-state index contributed by atoms with van der Waals surface area (Å²) in [7, 11) is 0. The number of alkyl halides is 4. The van der Waals surface area contributed by atoms with Gasteiger partial charge in [-0.2, -0.15) is 13.2 Å². The van der Waals surface area contributed by atoms with Crippen LogP contribution in [-0.2, 0) is 12.7 Å². The monoisotopic (exact) mass is 371 g/mol. The van der Waals surface area contributed by atoms with Crippen LogP contribution in [0.5, 0.6) is 0 Å². The van der Waals surface area contributed by atoms with Gasteiger partial charge in [0.2, 0.25) is 0 Å². The Morgan fingerprint density at radius 3 is 2.44 bits per heavy atom. The quantitative estimate of drug-likeness (QED) is 0.603. The number of halogens is 4. The van der Waals surface area contributed by atoms with Gasteiger partial charge in [-0.15, -0.1) is 0 Å². The van der Waals surface area contributed by atoms with Gasteiger partial charge in [0.1, 0.15) is 0 Å². The molecular weight excluding hydrogens is 354 g/mol. The highest BCUT2D eigenvalue weighted by Crippen LogP contribution is 2.29. The molecule has 1 atom stereocenters. The van der Waals surface area contributed by atoms with Gasteiger partial charge in [0.15, 0.2) is 0 Å². The lowest BCUT2D eigenvalue weighted by molar-refractivity contribution is -0.137. The van der Waals surface area contributed by atoms with Gasteiger partial charge in [0.05, 0.1) is 5.56 Å². The number of hydrogen-bond donors (Lipinski definition) is 1. The highest BCUT2D eigenvalue weighted by Gasteiger charge is 2.30. The van der Waals surface area contributed by atoms with Gasteiger partial charge in [-0.05, 0) is 17.5 Å². The van der Waals surface area contributed by atoms with Crippen LogP contribution in [0.1, 0.15) is 25.0 Å². The first-order valence-electron chi connectivity index (χ1n) is 5.80. The Balaban J connectivity index is 2.68. The second-order valence-corrected chi connectivity index (χ2v) is 5.46. The van der Waals surface area contributed by atoms with Crippen molar-refractivity contribution >= 4 is 22.6 Å². The van der Waals surface area contributed by atoms with Gasteiger partial charge in [0.25, 0.3) is 0 Å². The zero-order valence-electron chi connectivity index (χ0n) is 10.4. The zero-order chi connectivity index (χ0) is 13.8. The fourth-order valence-corrected chi connectivity index (χ4v) is 2.90. The molecular formula is C13H17F3IN. The lowest BCUT2D eigenvalue weighted by Gasteiger charge is -2.20. The van der Waals surface area contributed by atoms with E-state index in [1.165, 1.54) is 12.1 Å². The van der Waals surface area contributed by atoms with Crippen molar-refractivity contribution in [3.63, 3.8) is 0 Å². The first-order chi connectivity index (χ1) is 8.34. The van der Waals surface area contributed by atoms with Crippen molar-refractivity contribution in [1.29, 1.82) is 0 Å². The van der Waals surface area contributed by atoms with Crippen molar-refractivity contribution in [3.05, 3.63) is 35.4 Å². The topological polar surface area (TPSA) is 12.0 Å². The molecule has 0 radical (unpaired) electrons. The molecule has 102 valence electrons. The Bertz CT molecular complexity index is 377. The Hall–Kier alpha value is -0.300. The van der Waals surface area contributed by atoms with Crippen LogP contribution in [0.2, 0.25) is 0 Å². The molecule has 1 nitrogen and oxygen atoms in total. The van der Waals surface area contributed by atoms with Crippen molar-refractivity contribution in [2.24, 2.45) is 5.92 Å². The summed E-state index contributed by atoms with van der Waals surface area (Å²) in [4.78, 5) is 0. The summed E-state index contributed by atoms with van der Waals surface area (Å²) in [5.41, 5.74) is 0.0812. The second kappa shape index (κ2) is 6.75. The van der Waals surface area contributed by atoms with Crippen molar-refractivity contribution < 1.29 is 13.2 Å². The molecule has 5 heteroatoms. The van der Waals surface area contributed by atoms with E-state index in [1.807, 2.05) is 0 Å². The maximum atomic E-state index is 12.5. The molecule has 0 bridgehead atoms. The third-order valence-corrected chi connectivity index (χ3v) is 3.74. The van der Waals surface area contributed by atoms with Gasteiger partial charge < -0.3 is 5.32 Å². The summed E-state index contributed by atoms with van der Waals surface area (Å²) < 4.78 is 38.6. The van der Waals surface area contributed by atoms with E-state index in [0.717, 1.165) is 10.5 Å². The summed E-state index contributed by atoms with van der Waals surface area (Å²) >= 11 is 2.28. The molecule has 1 unspecified atom stereocenters. The SMILES string of the molecule is CC(C)C(CI)NCc1cccc(C(F)(F)F)c1. The van der Waals surface area contributed by atoms with Crippen LogP contribution in [0.25, 0.3) is 0 Å². The summed E-state index contributed by atoms with van der Waals surface area (Å²) in [5.74, 6) is 0.465. The van der Waals surface area contributed by atoms with Crippen LogP contribution in [0.3, 0.4) is 0 Å². The van der Waals surface area contributed by atoms with E-state index in [-0.39, 0.29) is 0 Å². The zero-order valence-corrected chi connectivity index (χ0v) is 12.5. The predicted molar refractivity (Wildman–Crippen MR) is 75.8 cm³/mol. The molecule has 0 aliphatic rings. The summed E-state index contributed by atoms with van der Waals surface area (Å²) in [5, 5.41) is 3.29. The molecule has 0 fully saturated rings. The average Bonchev–Trinajstić information content (AvgIpc) is 2.28. The van der Waals surface area contributed by atoms with Gasteiger partial charge >= 0.3 is 6.18 Å². The van der Waals surface area contributed by atoms with Crippen molar-refractivity contribution in [1.82, 2.24) is 5.32 Å². The van der Waals surface area contributed by atoms with E-state index in [9.17, 15) is 13.2 Å². The summed E-state index contributed by atoms with van der Waals surface area (Å²) in [6.45, 7) is 4.67. The van der Waals surface area contributed by atoms with E-state index in [4.69, 9.17) is 0 Å². The number of hydrogen-bond acceptors (Lipinski definition) is 1. The molecule has 0 heterocycles. The van der Waals surface area contributed by atoms with Crippen LogP contribution in [-0.4, -0.2) is 10.5 Å². The molecule has 1 aromatic rings. The van der Waals surface area contributed by atoms with Crippen LogP contribution < -0.4 is 5.32 Å². The van der Waals surface area contributed by atoms with E-state index in [0.29, 0.717) is 24.1 Å².